The number of hydrogen-bond acceptors (Lipinski definition) is 6. The number of anilines is 1. The minimum atomic E-state index is -0.449. The number of nitrogens with one attached hydrogen (secondary N) is 3. The Morgan fingerprint density at radius 2 is 2.06 bits per heavy atom. The highest BCUT2D eigenvalue weighted by molar-refractivity contribution is 6.07. The predicted molar refractivity (Wildman–Crippen MR) is 112 cm³/mol. The maximum atomic E-state index is 12.7. The van der Waals surface area contributed by atoms with E-state index in [1.54, 1.807) is 32.4 Å². The van der Waals surface area contributed by atoms with Crippen molar-refractivity contribution in [1.82, 2.24) is 25.3 Å². The first-order chi connectivity index (χ1) is 15.0. The summed E-state index contributed by atoms with van der Waals surface area (Å²) in [5.41, 5.74) is 2.12. The molecule has 0 unspecified atom stereocenters. The molecule has 0 saturated heterocycles. The summed E-state index contributed by atoms with van der Waals surface area (Å²) in [5.74, 6) is 0.457. The van der Waals surface area contributed by atoms with Gasteiger partial charge in [-0.05, 0) is 30.3 Å². The van der Waals surface area contributed by atoms with Crippen LogP contribution in [0.25, 0.3) is 11.3 Å². The van der Waals surface area contributed by atoms with Gasteiger partial charge in [0.2, 0.25) is 0 Å². The molecule has 10 heteroatoms. The van der Waals surface area contributed by atoms with Gasteiger partial charge in [-0.15, -0.1) is 0 Å². The molecule has 3 aromatic heterocycles. The Morgan fingerprint density at radius 3 is 2.84 bits per heavy atom. The number of H-pyrrole nitrogens is 1. The maximum Gasteiger partial charge on any atom is 0.273 e. The van der Waals surface area contributed by atoms with Gasteiger partial charge in [0, 0.05) is 12.6 Å². The van der Waals surface area contributed by atoms with Gasteiger partial charge < -0.3 is 19.8 Å². The molecule has 4 aromatic rings. The highest BCUT2D eigenvalue weighted by Gasteiger charge is 2.20. The molecular weight excluding hydrogens is 400 g/mol. The summed E-state index contributed by atoms with van der Waals surface area (Å²) >= 11 is 0. The molecule has 0 aliphatic carbocycles. The maximum absolute atomic E-state index is 12.7. The molecule has 31 heavy (non-hydrogen) atoms. The first-order valence-electron chi connectivity index (χ1n) is 9.39. The zero-order valence-electron chi connectivity index (χ0n) is 16.9. The molecule has 0 atom stereocenters. The van der Waals surface area contributed by atoms with Crippen molar-refractivity contribution in [3.8, 4) is 17.0 Å². The number of carbonyl (C=O) groups excluding carboxylic acids is 2. The summed E-state index contributed by atoms with van der Waals surface area (Å²) in [6, 6.07) is 12.5. The number of amides is 2. The molecule has 0 spiro atoms. The zero-order valence-corrected chi connectivity index (χ0v) is 16.9. The summed E-state index contributed by atoms with van der Waals surface area (Å²) in [6.07, 6.45) is 2.94. The molecule has 0 saturated carbocycles. The van der Waals surface area contributed by atoms with E-state index in [1.165, 1.54) is 17.1 Å². The lowest BCUT2D eigenvalue weighted by Crippen LogP contribution is -2.26. The lowest BCUT2D eigenvalue weighted by atomic mass is 10.1. The Morgan fingerprint density at radius 1 is 1.19 bits per heavy atom. The third-order valence-electron chi connectivity index (χ3n) is 4.59. The van der Waals surface area contributed by atoms with Crippen LogP contribution in [0, 0.1) is 0 Å². The molecule has 3 heterocycles. The molecule has 3 N–H and O–H groups in total. The van der Waals surface area contributed by atoms with Gasteiger partial charge in [-0.25, -0.2) is 0 Å². The van der Waals surface area contributed by atoms with E-state index in [0.717, 1.165) is 5.56 Å². The van der Waals surface area contributed by atoms with Crippen LogP contribution < -0.4 is 15.4 Å². The second-order valence-corrected chi connectivity index (χ2v) is 6.65. The van der Waals surface area contributed by atoms with Crippen molar-refractivity contribution >= 4 is 17.5 Å². The number of hydrogen-bond donors (Lipinski definition) is 3. The molecule has 0 aliphatic heterocycles. The zero-order chi connectivity index (χ0) is 21.8. The van der Waals surface area contributed by atoms with E-state index in [1.807, 2.05) is 24.3 Å². The van der Waals surface area contributed by atoms with Gasteiger partial charge in [0.25, 0.3) is 11.8 Å². The van der Waals surface area contributed by atoms with E-state index in [-0.39, 0.29) is 23.6 Å². The van der Waals surface area contributed by atoms with Crippen molar-refractivity contribution in [1.29, 1.82) is 0 Å². The van der Waals surface area contributed by atoms with Crippen LogP contribution in [0.15, 0.2) is 59.3 Å². The van der Waals surface area contributed by atoms with Crippen molar-refractivity contribution < 1.29 is 18.7 Å². The van der Waals surface area contributed by atoms with E-state index < -0.39 is 11.8 Å². The second-order valence-electron chi connectivity index (χ2n) is 6.65. The molecule has 158 valence electrons. The summed E-state index contributed by atoms with van der Waals surface area (Å²) in [5, 5.41) is 16.4. The number of benzene rings is 1. The van der Waals surface area contributed by atoms with E-state index in [2.05, 4.69) is 25.9 Å². The van der Waals surface area contributed by atoms with Crippen molar-refractivity contribution in [3.05, 3.63) is 72.1 Å². The highest BCUT2D eigenvalue weighted by Crippen LogP contribution is 2.23. The summed E-state index contributed by atoms with van der Waals surface area (Å²) in [7, 11) is 3.20. The van der Waals surface area contributed by atoms with Gasteiger partial charge >= 0.3 is 0 Å². The largest absolute Gasteiger partial charge is 0.497 e. The standard InChI is InChI=1S/C21H20N6O4/c1-27-19(21(29)22-11-15-7-4-8-31-15)18(12-23-27)24-20(28)17-10-16(25-26-17)13-5-3-6-14(9-13)30-2/h3-10,12H,11H2,1-2H3,(H,22,29)(H,24,28)(H,25,26). The van der Waals surface area contributed by atoms with Crippen LogP contribution in [0.1, 0.15) is 26.7 Å². The van der Waals surface area contributed by atoms with Gasteiger partial charge in [0.15, 0.2) is 0 Å². The number of aryl methyl sites for hydroxylation is 1. The van der Waals surface area contributed by atoms with Crippen LogP contribution in [-0.2, 0) is 13.6 Å². The number of nitrogens with zero attached hydrogens (tertiary/aromatic N) is 3. The SMILES string of the molecule is COc1cccc(-c2cc(C(=O)Nc3cnn(C)c3C(=O)NCc3ccco3)[nH]n2)c1. The Hall–Kier alpha value is -4.34. The number of rotatable bonds is 7. The first-order valence-corrected chi connectivity index (χ1v) is 9.39. The van der Waals surface area contributed by atoms with Gasteiger partial charge in [0.05, 0.1) is 37.5 Å². The minimum Gasteiger partial charge on any atom is -0.497 e. The van der Waals surface area contributed by atoms with Crippen molar-refractivity contribution in [2.75, 3.05) is 12.4 Å². The number of aromatic nitrogens is 4. The molecule has 0 bridgehead atoms. The Balaban J connectivity index is 1.48. The topological polar surface area (TPSA) is 127 Å². The van der Waals surface area contributed by atoms with Crippen molar-refractivity contribution in [2.45, 2.75) is 6.54 Å². The average molecular weight is 420 g/mol. The molecule has 0 fully saturated rings. The summed E-state index contributed by atoms with van der Waals surface area (Å²) < 4.78 is 11.8. The average Bonchev–Trinajstić information content (AvgIpc) is 3.54. The predicted octanol–water partition coefficient (Wildman–Crippen LogP) is 2.59. The van der Waals surface area contributed by atoms with E-state index in [9.17, 15) is 9.59 Å². The monoisotopic (exact) mass is 420 g/mol. The van der Waals surface area contributed by atoms with E-state index in [0.29, 0.717) is 17.2 Å². The molecule has 0 radical (unpaired) electrons. The molecule has 1 aromatic carbocycles. The molecule has 4 rings (SSSR count). The first kappa shape index (κ1) is 20.0. The number of ether oxygens (including phenoxy) is 1. The fourth-order valence-corrected chi connectivity index (χ4v) is 3.02. The number of methoxy groups -OCH3 is 1. The fraction of sp³-hybridized carbons (Fsp3) is 0.143. The number of aromatic amines is 1. The lowest BCUT2D eigenvalue weighted by Gasteiger charge is -2.07. The van der Waals surface area contributed by atoms with Crippen LogP contribution in [0.4, 0.5) is 5.69 Å². The van der Waals surface area contributed by atoms with Gasteiger partial charge in [-0.1, -0.05) is 12.1 Å². The van der Waals surface area contributed by atoms with Gasteiger partial charge in [0.1, 0.15) is 22.9 Å². The Labute approximate surface area is 177 Å². The quantitative estimate of drug-likeness (QED) is 0.422. The van der Waals surface area contributed by atoms with Gasteiger partial charge in [-0.3, -0.25) is 19.4 Å². The Kier molecular flexibility index (Phi) is 5.52. The fourth-order valence-electron chi connectivity index (χ4n) is 3.02. The summed E-state index contributed by atoms with van der Waals surface area (Å²) in [6.45, 7) is 0.217. The molecular formula is C21H20N6O4. The molecule has 10 nitrogen and oxygen atoms in total. The summed E-state index contributed by atoms with van der Waals surface area (Å²) in [4.78, 5) is 25.3. The molecule has 2 amide bonds. The van der Waals surface area contributed by atoms with Crippen LogP contribution >= 0.6 is 0 Å². The second kappa shape index (κ2) is 8.57. The molecule has 0 aliphatic rings. The van der Waals surface area contributed by atoms with Crippen molar-refractivity contribution in [3.63, 3.8) is 0 Å². The number of carbonyl (C=O) groups is 2. The third kappa shape index (κ3) is 4.32. The van der Waals surface area contributed by atoms with E-state index >= 15 is 0 Å². The van der Waals surface area contributed by atoms with Crippen LogP contribution in [0.3, 0.4) is 0 Å². The smallest absolute Gasteiger partial charge is 0.273 e. The van der Waals surface area contributed by atoms with E-state index in [4.69, 9.17) is 9.15 Å². The normalized spacial score (nSPS) is 10.6. The highest BCUT2D eigenvalue weighted by atomic mass is 16.5. The number of furan rings is 1. The van der Waals surface area contributed by atoms with Crippen LogP contribution in [0.5, 0.6) is 5.75 Å². The van der Waals surface area contributed by atoms with Gasteiger partial charge in [-0.2, -0.15) is 10.2 Å². The van der Waals surface area contributed by atoms with Crippen LogP contribution in [-0.4, -0.2) is 38.9 Å². The van der Waals surface area contributed by atoms with Crippen LogP contribution in [0.2, 0.25) is 0 Å². The third-order valence-corrected chi connectivity index (χ3v) is 4.59. The minimum absolute atomic E-state index is 0.215. The lowest BCUT2D eigenvalue weighted by molar-refractivity contribution is 0.0939. The Bertz CT molecular complexity index is 1210. The van der Waals surface area contributed by atoms with Crippen molar-refractivity contribution in [2.24, 2.45) is 7.05 Å².